The molecule has 128 valence electrons. The summed E-state index contributed by atoms with van der Waals surface area (Å²) in [4.78, 5) is 2.18. The Kier molecular flexibility index (Phi) is 4.73. The van der Waals surface area contributed by atoms with Gasteiger partial charge in [0.05, 0.1) is 23.8 Å². The Morgan fingerprint density at radius 2 is 1.83 bits per heavy atom. The first-order valence-corrected chi connectivity index (χ1v) is 9.16. The Labute approximate surface area is 141 Å². The highest BCUT2D eigenvalue weighted by molar-refractivity contribution is 7.92. The second kappa shape index (κ2) is 6.78. The lowest BCUT2D eigenvalue weighted by Crippen LogP contribution is -2.36. The first kappa shape index (κ1) is 16.7. The fraction of sp³-hybridized carbons (Fsp3) is 0.294. The molecule has 1 heterocycles. The summed E-state index contributed by atoms with van der Waals surface area (Å²) in [5.41, 5.74) is 1.32. The molecule has 1 aliphatic heterocycles. The minimum Gasteiger partial charge on any atom is -0.378 e. The topological polar surface area (TPSA) is 58.6 Å². The van der Waals surface area contributed by atoms with E-state index >= 15 is 0 Å². The summed E-state index contributed by atoms with van der Waals surface area (Å²) in [7, 11) is -3.85. The second-order valence-electron chi connectivity index (χ2n) is 5.63. The Hall–Kier alpha value is -2.12. The van der Waals surface area contributed by atoms with Crippen LogP contribution in [-0.2, 0) is 14.8 Å². The van der Waals surface area contributed by atoms with Crippen LogP contribution < -0.4 is 9.62 Å². The molecule has 5 nitrogen and oxygen atoms in total. The average Bonchev–Trinajstić information content (AvgIpc) is 2.58. The Morgan fingerprint density at radius 3 is 2.54 bits per heavy atom. The number of aryl methyl sites for hydroxylation is 1. The van der Waals surface area contributed by atoms with Crippen LogP contribution in [0, 0.1) is 12.7 Å². The second-order valence-corrected chi connectivity index (χ2v) is 7.29. The summed E-state index contributed by atoms with van der Waals surface area (Å²) in [6.07, 6.45) is 0. The third-order valence-corrected chi connectivity index (χ3v) is 5.48. The fourth-order valence-electron chi connectivity index (χ4n) is 2.67. The van der Waals surface area contributed by atoms with Gasteiger partial charge in [-0.3, -0.25) is 4.72 Å². The van der Waals surface area contributed by atoms with E-state index in [1.165, 1.54) is 18.2 Å². The molecule has 3 rings (SSSR count). The molecule has 1 fully saturated rings. The van der Waals surface area contributed by atoms with Crippen LogP contribution in [0.2, 0.25) is 0 Å². The van der Waals surface area contributed by atoms with E-state index in [9.17, 15) is 12.8 Å². The predicted molar refractivity (Wildman–Crippen MR) is 91.4 cm³/mol. The van der Waals surface area contributed by atoms with Crippen LogP contribution in [0.1, 0.15) is 5.56 Å². The van der Waals surface area contributed by atoms with Gasteiger partial charge in [-0.15, -0.1) is 0 Å². The average molecular weight is 350 g/mol. The number of hydrogen-bond acceptors (Lipinski definition) is 4. The zero-order valence-electron chi connectivity index (χ0n) is 13.3. The monoisotopic (exact) mass is 350 g/mol. The number of anilines is 2. The molecule has 2 aromatic rings. The summed E-state index contributed by atoms with van der Waals surface area (Å²) in [6, 6.07) is 11.1. The van der Waals surface area contributed by atoms with E-state index in [1.807, 2.05) is 4.90 Å². The third kappa shape index (κ3) is 3.52. The van der Waals surface area contributed by atoms with Gasteiger partial charge < -0.3 is 9.64 Å². The molecule has 0 aliphatic carbocycles. The van der Waals surface area contributed by atoms with Crippen LogP contribution in [0.15, 0.2) is 47.4 Å². The maximum absolute atomic E-state index is 14.1. The van der Waals surface area contributed by atoms with Crippen molar-refractivity contribution < 1.29 is 17.5 Å². The number of rotatable bonds is 4. The van der Waals surface area contributed by atoms with Gasteiger partial charge in [-0.05, 0) is 36.8 Å². The van der Waals surface area contributed by atoms with Crippen molar-refractivity contribution in [2.24, 2.45) is 0 Å². The number of morpholine rings is 1. The highest BCUT2D eigenvalue weighted by Gasteiger charge is 2.20. The first-order valence-electron chi connectivity index (χ1n) is 7.68. The van der Waals surface area contributed by atoms with Crippen LogP contribution in [0.5, 0.6) is 0 Å². The van der Waals surface area contributed by atoms with Gasteiger partial charge in [0, 0.05) is 18.8 Å². The van der Waals surface area contributed by atoms with Crippen molar-refractivity contribution in [3.05, 3.63) is 53.8 Å². The van der Waals surface area contributed by atoms with E-state index in [4.69, 9.17) is 4.74 Å². The lowest BCUT2D eigenvalue weighted by Gasteiger charge is -2.29. The molecule has 7 heteroatoms. The summed E-state index contributed by atoms with van der Waals surface area (Å²) in [5.74, 6) is -0.607. The largest absolute Gasteiger partial charge is 0.378 e. The normalized spacial score (nSPS) is 15.3. The lowest BCUT2D eigenvalue weighted by atomic mass is 10.2. The zero-order valence-corrected chi connectivity index (χ0v) is 14.1. The third-order valence-electron chi connectivity index (χ3n) is 3.95. The quantitative estimate of drug-likeness (QED) is 0.921. The molecule has 0 amide bonds. The number of hydrogen-bond donors (Lipinski definition) is 1. The molecule has 0 unspecified atom stereocenters. The molecule has 0 atom stereocenters. The number of nitrogens with one attached hydrogen (secondary N) is 1. The Morgan fingerprint density at radius 1 is 1.12 bits per heavy atom. The molecule has 0 saturated carbocycles. The van der Waals surface area contributed by atoms with Crippen molar-refractivity contribution >= 4 is 21.4 Å². The number of halogens is 1. The number of sulfonamides is 1. The maximum Gasteiger partial charge on any atom is 0.262 e. The molecule has 0 bridgehead atoms. The highest BCUT2D eigenvalue weighted by Crippen LogP contribution is 2.26. The van der Waals surface area contributed by atoms with Gasteiger partial charge in [0.15, 0.2) is 0 Å². The highest BCUT2D eigenvalue weighted by atomic mass is 32.2. The van der Waals surface area contributed by atoms with Gasteiger partial charge in [-0.1, -0.05) is 18.2 Å². The molecule has 1 aliphatic rings. The van der Waals surface area contributed by atoms with E-state index < -0.39 is 15.8 Å². The number of benzene rings is 2. The van der Waals surface area contributed by atoms with Gasteiger partial charge in [0.1, 0.15) is 5.82 Å². The molecule has 2 aromatic carbocycles. The van der Waals surface area contributed by atoms with E-state index in [-0.39, 0.29) is 10.6 Å². The van der Waals surface area contributed by atoms with Gasteiger partial charge in [0.25, 0.3) is 10.0 Å². The van der Waals surface area contributed by atoms with Crippen molar-refractivity contribution in [3.63, 3.8) is 0 Å². The Balaban J connectivity index is 1.90. The van der Waals surface area contributed by atoms with Crippen molar-refractivity contribution in [3.8, 4) is 0 Å². The van der Waals surface area contributed by atoms with Gasteiger partial charge >= 0.3 is 0 Å². The predicted octanol–water partition coefficient (Wildman–Crippen LogP) is 2.77. The molecule has 0 radical (unpaired) electrons. The minimum atomic E-state index is -3.85. The van der Waals surface area contributed by atoms with Crippen molar-refractivity contribution in [1.82, 2.24) is 0 Å². The standard InChI is InChI=1S/C17H19FN2O3S/c1-13-4-2-3-5-17(13)24(21,22)19-16-12-14(6-7-15(16)18)20-8-10-23-11-9-20/h2-7,12,19H,8-11H2,1H3. The van der Waals surface area contributed by atoms with Gasteiger partial charge in [-0.2, -0.15) is 0 Å². The first-order chi connectivity index (χ1) is 11.5. The van der Waals surface area contributed by atoms with Crippen LogP contribution >= 0.6 is 0 Å². The SMILES string of the molecule is Cc1ccccc1S(=O)(=O)Nc1cc(N2CCOCC2)ccc1F. The maximum atomic E-state index is 14.1. The van der Waals surface area contributed by atoms with Gasteiger partial charge in [-0.25, -0.2) is 12.8 Å². The molecular weight excluding hydrogens is 331 g/mol. The van der Waals surface area contributed by atoms with E-state index in [1.54, 1.807) is 31.2 Å². The molecule has 24 heavy (non-hydrogen) atoms. The van der Waals surface area contributed by atoms with E-state index in [2.05, 4.69) is 4.72 Å². The number of nitrogens with zero attached hydrogens (tertiary/aromatic N) is 1. The molecule has 0 spiro atoms. The Bertz CT molecular complexity index is 833. The zero-order chi connectivity index (χ0) is 17.2. The summed E-state index contributed by atoms with van der Waals surface area (Å²) < 4.78 is 46.9. The fourth-order valence-corrected chi connectivity index (χ4v) is 3.97. The van der Waals surface area contributed by atoms with E-state index in [0.717, 1.165) is 5.69 Å². The van der Waals surface area contributed by atoms with Crippen LogP contribution in [-0.4, -0.2) is 34.7 Å². The smallest absolute Gasteiger partial charge is 0.262 e. The molecule has 1 saturated heterocycles. The number of ether oxygens (including phenoxy) is 1. The minimum absolute atomic E-state index is 0.0535. The summed E-state index contributed by atoms with van der Waals surface area (Å²) in [6.45, 7) is 4.28. The van der Waals surface area contributed by atoms with Crippen molar-refractivity contribution in [1.29, 1.82) is 0 Å². The molecule has 0 aromatic heterocycles. The van der Waals surface area contributed by atoms with Crippen LogP contribution in [0.3, 0.4) is 0 Å². The summed E-state index contributed by atoms with van der Waals surface area (Å²) in [5, 5.41) is 0. The molecule has 1 N–H and O–H groups in total. The van der Waals surface area contributed by atoms with Gasteiger partial charge in [0.2, 0.25) is 0 Å². The summed E-state index contributed by atoms with van der Waals surface area (Å²) >= 11 is 0. The van der Waals surface area contributed by atoms with Crippen LogP contribution in [0.4, 0.5) is 15.8 Å². The van der Waals surface area contributed by atoms with Crippen molar-refractivity contribution in [2.75, 3.05) is 35.9 Å². The molecular formula is C17H19FN2O3S. The lowest BCUT2D eigenvalue weighted by molar-refractivity contribution is 0.122. The van der Waals surface area contributed by atoms with Crippen molar-refractivity contribution in [2.45, 2.75) is 11.8 Å². The van der Waals surface area contributed by atoms with Crippen LogP contribution in [0.25, 0.3) is 0 Å². The van der Waals surface area contributed by atoms with E-state index in [0.29, 0.717) is 31.9 Å².